The summed E-state index contributed by atoms with van der Waals surface area (Å²) in [5, 5.41) is 12.4. The summed E-state index contributed by atoms with van der Waals surface area (Å²) in [6.45, 7) is 1.28. The number of nitrogens with two attached hydrogens (primary N) is 1. The minimum absolute atomic E-state index is 0.0221. The van der Waals surface area contributed by atoms with Crippen molar-refractivity contribution in [3.05, 3.63) is 71.7 Å². The summed E-state index contributed by atoms with van der Waals surface area (Å²) < 4.78 is 1.82. The summed E-state index contributed by atoms with van der Waals surface area (Å²) in [4.78, 5) is 15.2. The van der Waals surface area contributed by atoms with Gasteiger partial charge in [0.15, 0.2) is 0 Å². The Balaban J connectivity index is 1.61. The number of carbonyl (C=O) groups excluding carboxylic acids is 1. The smallest absolute Gasteiger partial charge is 0.254 e. The molecule has 2 aromatic heterocycles. The van der Waals surface area contributed by atoms with Crippen molar-refractivity contribution in [1.82, 2.24) is 24.9 Å². The topological polar surface area (TPSA) is 89.9 Å². The first kappa shape index (κ1) is 16.3. The number of benzene rings is 1. The quantitative estimate of drug-likeness (QED) is 0.781. The van der Waals surface area contributed by atoms with Crippen LogP contribution in [-0.4, -0.2) is 37.3 Å². The van der Waals surface area contributed by atoms with E-state index in [4.69, 9.17) is 5.73 Å². The van der Waals surface area contributed by atoms with Crippen LogP contribution in [0.4, 0.5) is 5.82 Å². The third-order valence-corrected chi connectivity index (χ3v) is 4.70. The van der Waals surface area contributed by atoms with Crippen molar-refractivity contribution in [2.24, 2.45) is 0 Å². The molecule has 0 spiro atoms. The van der Waals surface area contributed by atoms with E-state index in [9.17, 15) is 4.79 Å². The molecule has 2 N–H and O–H groups in total. The largest absolute Gasteiger partial charge is 0.382 e. The van der Waals surface area contributed by atoms with Crippen LogP contribution in [0.1, 0.15) is 40.5 Å². The highest BCUT2D eigenvalue weighted by atomic mass is 16.2. The monoisotopic (exact) mass is 348 g/mol. The zero-order valence-corrected chi connectivity index (χ0v) is 14.3. The third kappa shape index (κ3) is 3.15. The number of rotatable bonds is 4. The molecule has 7 heteroatoms. The van der Waals surface area contributed by atoms with Gasteiger partial charge < -0.3 is 10.6 Å². The normalized spacial score (nSPS) is 16.8. The number of carbonyl (C=O) groups is 1. The van der Waals surface area contributed by atoms with Crippen molar-refractivity contribution in [2.75, 3.05) is 12.3 Å². The predicted octanol–water partition coefficient (Wildman–Crippen LogP) is 2.28. The van der Waals surface area contributed by atoms with E-state index < -0.39 is 0 Å². The van der Waals surface area contributed by atoms with Crippen molar-refractivity contribution < 1.29 is 4.79 Å². The van der Waals surface area contributed by atoms with Crippen LogP contribution >= 0.6 is 0 Å². The molecule has 7 nitrogen and oxygen atoms in total. The van der Waals surface area contributed by atoms with Crippen LogP contribution in [0.5, 0.6) is 0 Å². The Kier molecular flexibility index (Phi) is 4.35. The van der Waals surface area contributed by atoms with Crippen LogP contribution in [0.2, 0.25) is 0 Å². The molecule has 1 amide bonds. The van der Waals surface area contributed by atoms with Crippen LogP contribution in [0, 0.1) is 0 Å². The second-order valence-corrected chi connectivity index (χ2v) is 6.40. The van der Waals surface area contributed by atoms with Gasteiger partial charge in [-0.1, -0.05) is 18.2 Å². The lowest BCUT2D eigenvalue weighted by atomic mass is 10.0. The molecular weight excluding hydrogens is 328 g/mol. The van der Waals surface area contributed by atoms with Gasteiger partial charge in [0.25, 0.3) is 5.91 Å². The first-order valence-corrected chi connectivity index (χ1v) is 8.68. The Morgan fingerprint density at radius 3 is 2.81 bits per heavy atom. The lowest BCUT2D eigenvalue weighted by molar-refractivity contribution is 0.0731. The van der Waals surface area contributed by atoms with Gasteiger partial charge in [-0.05, 0) is 42.7 Å². The van der Waals surface area contributed by atoms with Gasteiger partial charge in [-0.25, -0.2) is 0 Å². The third-order valence-electron chi connectivity index (χ3n) is 4.70. The van der Waals surface area contributed by atoms with Gasteiger partial charge in [0.2, 0.25) is 0 Å². The van der Waals surface area contributed by atoms with E-state index in [2.05, 4.69) is 15.3 Å². The summed E-state index contributed by atoms with van der Waals surface area (Å²) in [6.07, 6.45) is 5.46. The van der Waals surface area contributed by atoms with Gasteiger partial charge >= 0.3 is 0 Å². The predicted molar refractivity (Wildman–Crippen MR) is 97.2 cm³/mol. The maximum atomic E-state index is 13.3. The first-order chi connectivity index (χ1) is 12.7. The molecular formula is C19H20N6O. The van der Waals surface area contributed by atoms with Gasteiger partial charge in [-0.2, -0.15) is 10.2 Å². The summed E-state index contributed by atoms with van der Waals surface area (Å²) >= 11 is 0. The molecule has 1 aliphatic heterocycles. The number of likely N-dealkylation sites (tertiary alicyclic amines) is 1. The van der Waals surface area contributed by atoms with E-state index in [1.165, 1.54) is 0 Å². The number of amides is 1. The van der Waals surface area contributed by atoms with E-state index in [1.54, 1.807) is 12.3 Å². The number of aromatic nitrogens is 4. The molecule has 1 aliphatic rings. The Morgan fingerprint density at radius 2 is 2.04 bits per heavy atom. The van der Waals surface area contributed by atoms with Crippen molar-refractivity contribution >= 4 is 11.7 Å². The number of hydrogen-bond acceptors (Lipinski definition) is 5. The number of hydrogen-bond donors (Lipinski definition) is 1. The molecule has 0 radical (unpaired) electrons. The van der Waals surface area contributed by atoms with E-state index in [-0.39, 0.29) is 11.9 Å². The molecule has 0 aliphatic carbocycles. The Hall–Kier alpha value is -3.22. The standard InChI is InChI=1S/C19H20N6O/c20-18-9-8-16(22-23-18)17-7-3-12-25(17)19(26)15-6-2-1-5-14(15)13-24-11-4-10-21-24/h1-2,4-6,8-11,17H,3,7,12-13H2,(H2,20,23). The van der Waals surface area contributed by atoms with Gasteiger partial charge in [-0.3, -0.25) is 9.48 Å². The number of nitrogens with zero attached hydrogens (tertiary/aromatic N) is 5. The molecule has 132 valence electrons. The van der Waals surface area contributed by atoms with E-state index in [0.29, 0.717) is 24.5 Å². The van der Waals surface area contributed by atoms with Gasteiger partial charge in [0.1, 0.15) is 5.82 Å². The second kappa shape index (κ2) is 6.95. The van der Waals surface area contributed by atoms with Crippen LogP contribution in [-0.2, 0) is 6.54 Å². The average Bonchev–Trinajstić information content (AvgIpc) is 3.34. The van der Waals surface area contributed by atoms with Crippen molar-refractivity contribution in [3.8, 4) is 0 Å². The highest BCUT2D eigenvalue weighted by molar-refractivity contribution is 5.96. The summed E-state index contributed by atoms with van der Waals surface area (Å²) in [5.74, 6) is 0.406. The van der Waals surface area contributed by atoms with Crippen LogP contribution in [0.25, 0.3) is 0 Å². The van der Waals surface area contributed by atoms with Crippen molar-refractivity contribution in [1.29, 1.82) is 0 Å². The molecule has 1 unspecified atom stereocenters. The van der Waals surface area contributed by atoms with Gasteiger partial charge in [0, 0.05) is 24.5 Å². The molecule has 1 saturated heterocycles. The molecule has 4 rings (SSSR count). The lowest BCUT2D eigenvalue weighted by Crippen LogP contribution is -2.32. The van der Waals surface area contributed by atoms with Crippen molar-refractivity contribution in [2.45, 2.75) is 25.4 Å². The number of anilines is 1. The maximum Gasteiger partial charge on any atom is 0.254 e. The summed E-state index contributed by atoms with van der Waals surface area (Å²) in [5.41, 5.74) is 8.08. The van der Waals surface area contributed by atoms with E-state index >= 15 is 0 Å². The zero-order chi connectivity index (χ0) is 17.9. The van der Waals surface area contributed by atoms with Gasteiger partial charge in [-0.15, -0.1) is 5.10 Å². The average molecular weight is 348 g/mol. The number of nitrogen functional groups attached to an aromatic ring is 1. The SMILES string of the molecule is Nc1ccc(C2CCCN2C(=O)c2ccccc2Cn2cccn2)nn1. The van der Waals surface area contributed by atoms with E-state index in [0.717, 1.165) is 24.1 Å². The van der Waals surface area contributed by atoms with Crippen LogP contribution < -0.4 is 5.73 Å². The molecule has 1 aromatic carbocycles. The first-order valence-electron chi connectivity index (χ1n) is 8.68. The molecule has 0 saturated carbocycles. The van der Waals surface area contributed by atoms with E-state index in [1.807, 2.05) is 52.2 Å². The zero-order valence-electron chi connectivity index (χ0n) is 14.3. The van der Waals surface area contributed by atoms with Crippen LogP contribution in [0.3, 0.4) is 0 Å². The fourth-order valence-electron chi connectivity index (χ4n) is 3.44. The molecule has 0 bridgehead atoms. The molecule has 26 heavy (non-hydrogen) atoms. The highest BCUT2D eigenvalue weighted by Gasteiger charge is 2.32. The van der Waals surface area contributed by atoms with Crippen molar-refractivity contribution in [3.63, 3.8) is 0 Å². The summed E-state index contributed by atoms with van der Waals surface area (Å²) in [7, 11) is 0. The minimum Gasteiger partial charge on any atom is -0.382 e. The Bertz CT molecular complexity index is 891. The second-order valence-electron chi connectivity index (χ2n) is 6.40. The Morgan fingerprint density at radius 1 is 1.15 bits per heavy atom. The van der Waals surface area contributed by atoms with Crippen LogP contribution in [0.15, 0.2) is 54.9 Å². The molecule has 1 atom stereocenters. The molecule has 3 heterocycles. The maximum absolute atomic E-state index is 13.3. The summed E-state index contributed by atoms with van der Waals surface area (Å²) in [6, 6.07) is 13.1. The fraction of sp³-hybridized carbons (Fsp3) is 0.263. The Labute approximate surface area is 151 Å². The van der Waals surface area contributed by atoms with Gasteiger partial charge in [0.05, 0.1) is 18.3 Å². The fourth-order valence-corrected chi connectivity index (χ4v) is 3.44. The highest BCUT2D eigenvalue weighted by Crippen LogP contribution is 2.32. The molecule has 3 aromatic rings. The minimum atomic E-state index is -0.0617. The lowest BCUT2D eigenvalue weighted by Gasteiger charge is -2.25. The molecule has 1 fully saturated rings.